The summed E-state index contributed by atoms with van der Waals surface area (Å²) in [5, 5.41) is 9.31. The van der Waals surface area contributed by atoms with Crippen molar-refractivity contribution < 1.29 is 19.4 Å². The van der Waals surface area contributed by atoms with Crippen LogP contribution in [0.5, 0.6) is 0 Å². The monoisotopic (exact) mass is 250 g/mol. The van der Waals surface area contributed by atoms with Crippen molar-refractivity contribution in [1.29, 1.82) is 0 Å². The van der Waals surface area contributed by atoms with E-state index >= 15 is 0 Å². The van der Waals surface area contributed by atoms with Gasteiger partial charge in [0, 0.05) is 0 Å². The highest BCUT2D eigenvalue weighted by Gasteiger charge is 2.22. The second-order valence-corrected chi connectivity index (χ2v) is 3.86. The molecule has 0 saturated heterocycles. The average Bonchev–Trinajstić information content (AvgIpc) is 2.36. The minimum Gasteiger partial charge on any atom is -0.478 e. The number of aromatic carboxylic acids is 1. The quantitative estimate of drug-likeness (QED) is 0.816. The summed E-state index contributed by atoms with van der Waals surface area (Å²) in [7, 11) is 0. The molecule has 1 aromatic carbocycles. The third kappa shape index (κ3) is 2.70. The molecule has 0 aromatic heterocycles. The van der Waals surface area contributed by atoms with E-state index in [2.05, 4.69) is 0 Å². The van der Waals surface area contributed by atoms with Gasteiger partial charge in [0.1, 0.15) is 0 Å². The van der Waals surface area contributed by atoms with Crippen molar-refractivity contribution in [2.24, 2.45) is 0 Å². The van der Waals surface area contributed by atoms with Crippen molar-refractivity contribution in [3.63, 3.8) is 0 Å². The van der Waals surface area contributed by atoms with E-state index < -0.39 is 11.9 Å². The number of carboxylic acids is 1. The Kier molecular flexibility index (Phi) is 4.89. The smallest absolute Gasteiger partial charge is 0.339 e. The van der Waals surface area contributed by atoms with Crippen LogP contribution in [0, 0.1) is 0 Å². The van der Waals surface area contributed by atoms with E-state index in [0.717, 1.165) is 17.5 Å². The number of esters is 1. The lowest BCUT2D eigenvalue weighted by Crippen LogP contribution is -2.15. The number of carbonyl (C=O) groups excluding carboxylic acids is 1. The third-order valence-electron chi connectivity index (χ3n) is 2.85. The molecule has 0 unspecified atom stereocenters. The fourth-order valence-electron chi connectivity index (χ4n) is 2.05. The minimum absolute atomic E-state index is 0.0790. The Balaban J connectivity index is 3.44. The number of carboxylic acid groups (broad SMARTS) is 1. The first-order valence-corrected chi connectivity index (χ1v) is 6.11. The lowest BCUT2D eigenvalue weighted by Gasteiger charge is -2.13. The van der Waals surface area contributed by atoms with E-state index in [-0.39, 0.29) is 17.7 Å². The Morgan fingerprint density at radius 1 is 1.17 bits per heavy atom. The van der Waals surface area contributed by atoms with Gasteiger partial charge in [-0.15, -0.1) is 0 Å². The highest BCUT2D eigenvalue weighted by molar-refractivity contribution is 6.03. The number of rotatable bonds is 5. The summed E-state index contributed by atoms with van der Waals surface area (Å²) in [6, 6.07) is 3.34. The third-order valence-corrected chi connectivity index (χ3v) is 2.85. The summed E-state index contributed by atoms with van der Waals surface area (Å²) in [6.07, 6.45) is 1.32. The molecule has 0 spiro atoms. The zero-order valence-corrected chi connectivity index (χ0v) is 10.9. The average molecular weight is 250 g/mol. The number of aryl methyl sites for hydroxylation is 1. The van der Waals surface area contributed by atoms with Gasteiger partial charge in [-0.25, -0.2) is 9.59 Å². The van der Waals surface area contributed by atoms with Gasteiger partial charge in [0.25, 0.3) is 0 Å². The lowest BCUT2D eigenvalue weighted by atomic mass is 9.93. The number of carbonyl (C=O) groups is 2. The minimum atomic E-state index is -1.08. The molecule has 0 aliphatic rings. The van der Waals surface area contributed by atoms with Crippen LogP contribution in [0.3, 0.4) is 0 Å². The maximum atomic E-state index is 11.8. The van der Waals surface area contributed by atoms with Gasteiger partial charge in [-0.05, 0) is 37.0 Å². The summed E-state index contributed by atoms with van der Waals surface area (Å²) in [6.45, 7) is 5.77. The molecule has 0 heterocycles. The first-order valence-electron chi connectivity index (χ1n) is 6.11. The van der Waals surface area contributed by atoms with Gasteiger partial charge < -0.3 is 9.84 Å². The Bertz CT molecular complexity index is 463. The van der Waals surface area contributed by atoms with Crippen LogP contribution in [0.2, 0.25) is 0 Å². The molecule has 0 amide bonds. The number of hydrogen-bond donors (Lipinski definition) is 1. The lowest BCUT2D eigenvalue weighted by molar-refractivity contribution is 0.0514. The van der Waals surface area contributed by atoms with Crippen molar-refractivity contribution in [3.8, 4) is 0 Å². The molecule has 4 heteroatoms. The van der Waals surface area contributed by atoms with Crippen molar-refractivity contribution in [2.75, 3.05) is 6.61 Å². The molecule has 0 saturated carbocycles. The fourth-order valence-corrected chi connectivity index (χ4v) is 2.05. The Morgan fingerprint density at radius 3 is 2.28 bits per heavy atom. The van der Waals surface area contributed by atoms with Crippen LogP contribution in [0.1, 0.15) is 52.6 Å². The molecule has 1 rings (SSSR count). The highest BCUT2D eigenvalue weighted by atomic mass is 16.5. The van der Waals surface area contributed by atoms with Gasteiger partial charge in [0.2, 0.25) is 0 Å². The van der Waals surface area contributed by atoms with Crippen LogP contribution in [0.4, 0.5) is 0 Å². The molecule has 0 fully saturated rings. The van der Waals surface area contributed by atoms with Crippen LogP contribution in [0.15, 0.2) is 12.1 Å². The normalized spacial score (nSPS) is 10.2. The van der Waals surface area contributed by atoms with Crippen LogP contribution in [0.25, 0.3) is 0 Å². The van der Waals surface area contributed by atoms with Gasteiger partial charge >= 0.3 is 11.9 Å². The maximum absolute atomic E-state index is 11.8. The van der Waals surface area contributed by atoms with Crippen molar-refractivity contribution in [3.05, 3.63) is 34.4 Å². The van der Waals surface area contributed by atoms with E-state index in [1.54, 1.807) is 19.1 Å². The van der Waals surface area contributed by atoms with E-state index in [1.165, 1.54) is 0 Å². The molecule has 0 aliphatic carbocycles. The molecule has 0 bridgehead atoms. The summed E-state index contributed by atoms with van der Waals surface area (Å²) < 4.78 is 4.89. The highest BCUT2D eigenvalue weighted by Crippen LogP contribution is 2.22. The molecule has 1 aromatic rings. The Labute approximate surface area is 107 Å². The van der Waals surface area contributed by atoms with E-state index in [1.807, 2.05) is 13.8 Å². The summed E-state index contributed by atoms with van der Waals surface area (Å²) in [4.78, 5) is 23.1. The van der Waals surface area contributed by atoms with E-state index in [0.29, 0.717) is 6.42 Å². The molecule has 1 N–H and O–H groups in total. The van der Waals surface area contributed by atoms with Crippen LogP contribution < -0.4 is 0 Å². The standard InChI is InChI=1S/C14H18O4/c1-4-9-7-8-11(14(17)18-6-3)12(13(15)16)10(9)5-2/h7-8H,4-6H2,1-3H3,(H,15,16). The van der Waals surface area contributed by atoms with Gasteiger partial charge in [-0.1, -0.05) is 19.9 Å². The summed E-state index contributed by atoms with van der Waals surface area (Å²) in [5.41, 5.74) is 1.90. The van der Waals surface area contributed by atoms with Crippen molar-refractivity contribution in [1.82, 2.24) is 0 Å². The van der Waals surface area contributed by atoms with Gasteiger partial charge in [-0.3, -0.25) is 0 Å². The maximum Gasteiger partial charge on any atom is 0.339 e. The van der Waals surface area contributed by atoms with E-state index in [9.17, 15) is 14.7 Å². The molecule has 18 heavy (non-hydrogen) atoms. The summed E-state index contributed by atoms with van der Waals surface area (Å²) >= 11 is 0. The summed E-state index contributed by atoms with van der Waals surface area (Å²) in [5.74, 6) is -1.66. The fraction of sp³-hybridized carbons (Fsp3) is 0.429. The molecule has 98 valence electrons. The second-order valence-electron chi connectivity index (χ2n) is 3.86. The SMILES string of the molecule is CCOC(=O)c1ccc(CC)c(CC)c1C(=O)O. The van der Waals surface area contributed by atoms with Gasteiger partial charge in [0.05, 0.1) is 17.7 Å². The van der Waals surface area contributed by atoms with Gasteiger partial charge in [0.15, 0.2) is 0 Å². The van der Waals surface area contributed by atoms with Crippen molar-refractivity contribution >= 4 is 11.9 Å². The van der Waals surface area contributed by atoms with Crippen molar-refractivity contribution in [2.45, 2.75) is 33.6 Å². The molecular weight excluding hydrogens is 232 g/mol. The zero-order valence-electron chi connectivity index (χ0n) is 10.9. The number of benzene rings is 1. The second kappa shape index (κ2) is 6.19. The first-order chi connectivity index (χ1) is 8.56. The van der Waals surface area contributed by atoms with Crippen LogP contribution in [-0.2, 0) is 17.6 Å². The zero-order chi connectivity index (χ0) is 13.7. The molecule has 4 nitrogen and oxygen atoms in total. The Morgan fingerprint density at radius 2 is 1.83 bits per heavy atom. The first kappa shape index (κ1) is 14.2. The largest absolute Gasteiger partial charge is 0.478 e. The predicted molar refractivity (Wildman–Crippen MR) is 68.1 cm³/mol. The molecular formula is C14H18O4. The topological polar surface area (TPSA) is 63.6 Å². The number of hydrogen-bond acceptors (Lipinski definition) is 3. The van der Waals surface area contributed by atoms with Crippen LogP contribution in [-0.4, -0.2) is 23.7 Å². The Hall–Kier alpha value is -1.84. The molecule has 0 atom stereocenters. The molecule has 0 radical (unpaired) electrons. The predicted octanol–water partition coefficient (Wildman–Crippen LogP) is 2.69. The number of ether oxygens (including phenoxy) is 1. The van der Waals surface area contributed by atoms with E-state index in [4.69, 9.17) is 4.74 Å². The van der Waals surface area contributed by atoms with Crippen LogP contribution >= 0.6 is 0 Å². The molecule has 0 aliphatic heterocycles. The van der Waals surface area contributed by atoms with Gasteiger partial charge in [-0.2, -0.15) is 0 Å².